The Balaban J connectivity index is 1.81. The first-order valence-electron chi connectivity index (χ1n) is 6.91. The molecule has 108 valence electrons. The predicted octanol–water partition coefficient (Wildman–Crippen LogP) is 2.70. The van der Waals surface area contributed by atoms with E-state index in [9.17, 15) is 4.79 Å². The zero-order valence-electron chi connectivity index (χ0n) is 12.4. The summed E-state index contributed by atoms with van der Waals surface area (Å²) in [4.78, 5) is 15.5. The monoisotopic (exact) mass is 282 g/mol. The third-order valence-electron chi connectivity index (χ3n) is 3.80. The Hall–Kier alpha value is -2.56. The second-order valence-electron chi connectivity index (χ2n) is 5.25. The highest BCUT2D eigenvalue weighted by molar-refractivity contribution is 5.96. The Labute approximate surface area is 123 Å². The molecule has 0 aliphatic rings. The third-order valence-corrected chi connectivity index (χ3v) is 3.80. The van der Waals surface area contributed by atoms with Crippen molar-refractivity contribution in [1.82, 2.24) is 14.8 Å². The normalized spacial score (nSPS) is 11.0. The lowest BCUT2D eigenvalue weighted by atomic mass is 10.1. The zero-order chi connectivity index (χ0) is 15.0. The van der Waals surface area contributed by atoms with Gasteiger partial charge in [0.25, 0.3) is 0 Å². The molecule has 0 unspecified atom stereocenters. The van der Waals surface area contributed by atoms with Crippen LogP contribution in [-0.4, -0.2) is 20.7 Å². The average molecular weight is 282 g/mol. The number of benzene rings is 1. The predicted molar refractivity (Wildman–Crippen MR) is 83.3 cm³/mol. The molecular formula is C16H18N4O. The maximum Gasteiger partial charge on any atom is 0.228 e. The summed E-state index contributed by atoms with van der Waals surface area (Å²) in [6.45, 7) is 3.84. The van der Waals surface area contributed by atoms with Gasteiger partial charge in [-0.25, -0.2) is 0 Å². The van der Waals surface area contributed by atoms with E-state index < -0.39 is 0 Å². The summed E-state index contributed by atoms with van der Waals surface area (Å²) in [5, 5.41) is 8.36. The number of carbonyl (C=O) groups excluding carboxylic acids is 1. The number of carbonyl (C=O) groups is 1. The highest BCUT2D eigenvalue weighted by atomic mass is 16.1. The molecule has 5 nitrogen and oxygen atoms in total. The van der Waals surface area contributed by atoms with Gasteiger partial charge in [0.05, 0.1) is 23.5 Å². The fourth-order valence-corrected chi connectivity index (χ4v) is 2.59. The first-order valence-corrected chi connectivity index (χ1v) is 6.91. The Kier molecular flexibility index (Phi) is 3.25. The molecular weight excluding hydrogens is 264 g/mol. The van der Waals surface area contributed by atoms with E-state index in [4.69, 9.17) is 0 Å². The van der Waals surface area contributed by atoms with Gasteiger partial charge in [-0.05, 0) is 25.5 Å². The highest BCUT2D eigenvalue weighted by Gasteiger charge is 2.14. The third kappa shape index (κ3) is 2.42. The molecule has 0 spiro atoms. The van der Waals surface area contributed by atoms with Crippen LogP contribution in [0, 0.1) is 13.8 Å². The molecule has 0 fully saturated rings. The van der Waals surface area contributed by atoms with Crippen molar-refractivity contribution < 1.29 is 4.79 Å². The van der Waals surface area contributed by atoms with E-state index in [0.717, 1.165) is 33.5 Å². The zero-order valence-corrected chi connectivity index (χ0v) is 12.4. The second kappa shape index (κ2) is 5.09. The number of aryl methyl sites for hydroxylation is 2. The summed E-state index contributed by atoms with van der Waals surface area (Å²) < 4.78 is 1.77. The highest BCUT2D eigenvalue weighted by Crippen LogP contribution is 2.21. The van der Waals surface area contributed by atoms with E-state index in [1.807, 2.05) is 51.4 Å². The van der Waals surface area contributed by atoms with Crippen LogP contribution in [0.25, 0.3) is 10.9 Å². The van der Waals surface area contributed by atoms with Crippen LogP contribution in [0.1, 0.15) is 17.0 Å². The first kappa shape index (κ1) is 13.4. The average Bonchev–Trinajstić information content (AvgIpc) is 2.96. The number of fused-ring (bicyclic) bond motifs is 1. The molecule has 0 bridgehead atoms. The second-order valence-corrected chi connectivity index (χ2v) is 5.25. The standard InChI is InChI=1S/C16H18N4O/c1-10-16(11(2)20(3)19-10)18-15(21)8-12-9-17-14-7-5-4-6-13(12)14/h4-7,9,17H,8H2,1-3H3,(H,18,21). The summed E-state index contributed by atoms with van der Waals surface area (Å²) in [5.74, 6) is -0.0287. The lowest BCUT2D eigenvalue weighted by Crippen LogP contribution is -2.15. The van der Waals surface area contributed by atoms with Crippen molar-refractivity contribution in [1.29, 1.82) is 0 Å². The van der Waals surface area contributed by atoms with Crippen LogP contribution in [0.3, 0.4) is 0 Å². The molecule has 5 heteroatoms. The Bertz CT molecular complexity index is 813. The minimum absolute atomic E-state index is 0.0287. The summed E-state index contributed by atoms with van der Waals surface area (Å²) in [6.07, 6.45) is 2.24. The van der Waals surface area contributed by atoms with Gasteiger partial charge >= 0.3 is 0 Å². The van der Waals surface area contributed by atoms with Gasteiger partial charge in [-0.15, -0.1) is 0 Å². The van der Waals surface area contributed by atoms with E-state index in [1.165, 1.54) is 0 Å². The van der Waals surface area contributed by atoms with Gasteiger partial charge in [-0.2, -0.15) is 5.10 Å². The molecule has 1 amide bonds. The number of aromatic nitrogens is 3. The number of hydrogen-bond acceptors (Lipinski definition) is 2. The molecule has 3 rings (SSSR count). The van der Waals surface area contributed by atoms with Crippen LogP contribution in [0.5, 0.6) is 0 Å². The van der Waals surface area contributed by atoms with Crippen LogP contribution in [0.4, 0.5) is 5.69 Å². The molecule has 1 aromatic carbocycles. The van der Waals surface area contributed by atoms with E-state index in [0.29, 0.717) is 6.42 Å². The number of aromatic amines is 1. The maximum atomic E-state index is 12.3. The molecule has 21 heavy (non-hydrogen) atoms. The van der Waals surface area contributed by atoms with Gasteiger partial charge < -0.3 is 10.3 Å². The molecule has 2 aromatic heterocycles. The van der Waals surface area contributed by atoms with Crippen molar-refractivity contribution >= 4 is 22.5 Å². The number of rotatable bonds is 3. The number of amides is 1. The van der Waals surface area contributed by atoms with Crippen molar-refractivity contribution in [3.05, 3.63) is 47.4 Å². The van der Waals surface area contributed by atoms with Crippen molar-refractivity contribution in [3.8, 4) is 0 Å². The molecule has 0 aliphatic carbocycles. The lowest BCUT2D eigenvalue weighted by Gasteiger charge is -2.05. The van der Waals surface area contributed by atoms with E-state index in [1.54, 1.807) is 4.68 Å². The van der Waals surface area contributed by atoms with Crippen molar-refractivity contribution in [2.45, 2.75) is 20.3 Å². The Morgan fingerprint density at radius 1 is 1.33 bits per heavy atom. The molecule has 0 aliphatic heterocycles. The molecule has 2 N–H and O–H groups in total. The van der Waals surface area contributed by atoms with Gasteiger partial charge in [0, 0.05) is 24.1 Å². The minimum Gasteiger partial charge on any atom is -0.361 e. The minimum atomic E-state index is -0.0287. The molecule has 0 saturated heterocycles. The molecule has 0 radical (unpaired) electrons. The van der Waals surface area contributed by atoms with Crippen LogP contribution in [-0.2, 0) is 18.3 Å². The van der Waals surface area contributed by atoms with Gasteiger partial charge in [0.15, 0.2) is 0 Å². The van der Waals surface area contributed by atoms with Gasteiger partial charge in [0.2, 0.25) is 5.91 Å². The van der Waals surface area contributed by atoms with Crippen LogP contribution in [0.2, 0.25) is 0 Å². The number of nitrogens with one attached hydrogen (secondary N) is 2. The van der Waals surface area contributed by atoms with Crippen LogP contribution in [0.15, 0.2) is 30.5 Å². The Morgan fingerprint density at radius 2 is 2.10 bits per heavy atom. The fourth-order valence-electron chi connectivity index (χ4n) is 2.59. The van der Waals surface area contributed by atoms with Gasteiger partial charge in [0.1, 0.15) is 0 Å². The van der Waals surface area contributed by atoms with Crippen molar-refractivity contribution in [2.75, 3.05) is 5.32 Å². The van der Waals surface area contributed by atoms with Gasteiger partial charge in [-0.1, -0.05) is 18.2 Å². The number of H-pyrrole nitrogens is 1. The topological polar surface area (TPSA) is 62.7 Å². The molecule has 0 saturated carbocycles. The Morgan fingerprint density at radius 3 is 2.81 bits per heavy atom. The number of para-hydroxylation sites is 1. The van der Waals surface area contributed by atoms with E-state index >= 15 is 0 Å². The number of hydrogen-bond donors (Lipinski definition) is 2. The summed E-state index contributed by atoms with van der Waals surface area (Å²) in [7, 11) is 1.87. The van der Waals surface area contributed by atoms with Crippen LogP contribution >= 0.6 is 0 Å². The quantitative estimate of drug-likeness (QED) is 0.776. The summed E-state index contributed by atoms with van der Waals surface area (Å²) >= 11 is 0. The molecule has 2 heterocycles. The number of nitrogens with zero attached hydrogens (tertiary/aromatic N) is 2. The smallest absolute Gasteiger partial charge is 0.228 e. The van der Waals surface area contributed by atoms with Crippen LogP contribution < -0.4 is 5.32 Å². The summed E-state index contributed by atoms with van der Waals surface area (Å²) in [5.41, 5.74) is 4.65. The molecule has 0 atom stereocenters. The maximum absolute atomic E-state index is 12.3. The lowest BCUT2D eigenvalue weighted by molar-refractivity contribution is -0.115. The fraction of sp³-hybridized carbons (Fsp3) is 0.250. The van der Waals surface area contributed by atoms with Gasteiger partial charge in [-0.3, -0.25) is 9.48 Å². The molecule has 3 aromatic rings. The van der Waals surface area contributed by atoms with Crippen molar-refractivity contribution in [2.24, 2.45) is 7.05 Å². The number of anilines is 1. The SMILES string of the molecule is Cc1nn(C)c(C)c1NC(=O)Cc1c[nH]c2ccccc12. The van der Waals surface area contributed by atoms with E-state index in [2.05, 4.69) is 15.4 Å². The van der Waals surface area contributed by atoms with Crippen molar-refractivity contribution in [3.63, 3.8) is 0 Å². The van der Waals surface area contributed by atoms with E-state index in [-0.39, 0.29) is 5.91 Å². The first-order chi connectivity index (χ1) is 10.1. The summed E-state index contributed by atoms with van der Waals surface area (Å²) in [6, 6.07) is 7.99. The largest absolute Gasteiger partial charge is 0.361 e.